The van der Waals surface area contributed by atoms with Gasteiger partial charge < -0.3 is 0 Å². The average Bonchev–Trinajstić information content (AvgIpc) is 1.69. The molecule has 0 amide bonds. The number of benzene rings is 1. The summed E-state index contributed by atoms with van der Waals surface area (Å²) in [5, 5.41) is 0. The van der Waals surface area contributed by atoms with E-state index in [0.29, 0.717) is 0 Å². The molecule has 0 heterocycles. The van der Waals surface area contributed by atoms with Crippen LogP contribution in [0.3, 0.4) is 0 Å². The summed E-state index contributed by atoms with van der Waals surface area (Å²) in [6, 6.07) is 10.3. The van der Waals surface area contributed by atoms with Gasteiger partial charge >= 0.3 is 25.8 Å². The van der Waals surface area contributed by atoms with Crippen LogP contribution in [0.4, 0.5) is 0 Å². The Kier molecular flexibility index (Phi) is 4.06. The van der Waals surface area contributed by atoms with Crippen molar-refractivity contribution in [3.05, 3.63) is 35.9 Å². The predicted octanol–water partition coefficient (Wildman–Crippen LogP) is 1.99. The van der Waals surface area contributed by atoms with Crippen LogP contribution in [0, 0.1) is 6.92 Å². The minimum atomic E-state index is 0. The minimum Gasteiger partial charge on any atom is -0.0622 e. The van der Waals surface area contributed by atoms with Gasteiger partial charge in [0.2, 0.25) is 0 Å². The molecule has 0 fully saturated rings. The quantitative estimate of drug-likeness (QED) is 0.513. The summed E-state index contributed by atoms with van der Waals surface area (Å²) < 4.78 is 0. The van der Waals surface area contributed by atoms with E-state index in [2.05, 4.69) is 19.1 Å². The smallest absolute Gasteiger partial charge is 0.0622 e. The number of hydrogen-bond acceptors (Lipinski definition) is 0. The summed E-state index contributed by atoms with van der Waals surface area (Å²) in [5.41, 5.74) is 1.32. The molecule has 1 aromatic rings. The van der Waals surface area contributed by atoms with Crippen molar-refractivity contribution in [2.75, 3.05) is 0 Å². The Labute approximate surface area is 68.7 Å². The van der Waals surface area contributed by atoms with Crippen molar-refractivity contribution in [1.29, 1.82) is 0 Å². The van der Waals surface area contributed by atoms with Crippen LogP contribution in [-0.4, -0.2) is 0 Å². The molecule has 0 aromatic heterocycles. The van der Waals surface area contributed by atoms with Gasteiger partial charge in [-0.3, -0.25) is 0 Å². The third-order valence-corrected chi connectivity index (χ3v) is 0.940. The molecule has 0 spiro atoms. The molecule has 0 unspecified atom stereocenters. The monoisotopic (exact) mass is 137 g/mol. The Morgan fingerprint density at radius 1 is 1.00 bits per heavy atom. The van der Waals surface area contributed by atoms with Gasteiger partial charge in [0.05, 0.1) is 0 Å². The summed E-state index contributed by atoms with van der Waals surface area (Å²) in [5.74, 6) is 0. The van der Waals surface area contributed by atoms with Gasteiger partial charge in [-0.15, -0.1) is 0 Å². The molecule has 0 bridgehead atoms. The minimum absolute atomic E-state index is 0. The third-order valence-electron chi connectivity index (χ3n) is 0.940. The molecule has 1 aromatic carbocycles. The van der Waals surface area contributed by atoms with Crippen molar-refractivity contribution in [1.82, 2.24) is 0 Å². The maximum absolute atomic E-state index is 2.08. The fourth-order valence-electron chi connectivity index (χ4n) is 0.534. The van der Waals surface area contributed by atoms with E-state index in [1.165, 1.54) is 5.56 Å². The van der Waals surface area contributed by atoms with Crippen molar-refractivity contribution >= 4 is 0 Å². The first-order chi connectivity index (χ1) is 3.39. The Morgan fingerprint density at radius 2 is 1.50 bits per heavy atom. The Bertz CT molecular complexity index is 134. The van der Waals surface area contributed by atoms with Crippen molar-refractivity contribution in [2.24, 2.45) is 0 Å². The first kappa shape index (κ1) is 8.09. The van der Waals surface area contributed by atoms with Crippen molar-refractivity contribution in [3.8, 4) is 0 Å². The van der Waals surface area contributed by atoms with E-state index in [9.17, 15) is 0 Å². The van der Waals surface area contributed by atoms with Crippen LogP contribution in [0.5, 0.6) is 0 Å². The van der Waals surface area contributed by atoms with E-state index in [1.807, 2.05) is 18.2 Å². The zero-order chi connectivity index (χ0) is 5.11. The summed E-state index contributed by atoms with van der Waals surface area (Å²) in [6.07, 6.45) is 0. The maximum atomic E-state index is 2.08. The van der Waals surface area contributed by atoms with Gasteiger partial charge in [-0.2, -0.15) is 0 Å². The first-order valence-corrected chi connectivity index (χ1v) is 2.41. The molecule has 0 atom stereocenters. The van der Waals surface area contributed by atoms with Crippen molar-refractivity contribution < 1.29 is 25.8 Å². The van der Waals surface area contributed by atoms with Crippen molar-refractivity contribution in [3.63, 3.8) is 0 Å². The molecular weight excluding hydrogens is 129 g/mol. The average molecular weight is 137 g/mol. The topological polar surface area (TPSA) is 0 Å². The van der Waals surface area contributed by atoms with Crippen LogP contribution in [-0.2, 0) is 25.8 Å². The second-order valence-corrected chi connectivity index (χ2v) is 1.65. The van der Waals surface area contributed by atoms with E-state index in [-0.39, 0.29) is 25.8 Å². The molecular formula is C7H8Sc+3. The molecule has 8 heavy (non-hydrogen) atoms. The van der Waals surface area contributed by atoms with E-state index in [4.69, 9.17) is 0 Å². The largest absolute Gasteiger partial charge is 3.00 e. The third kappa shape index (κ3) is 2.41. The Morgan fingerprint density at radius 3 is 1.75 bits per heavy atom. The molecule has 0 saturated heterocycles. The zero-order valence-electron chi connectivity index (χ0n) is 4.96. The van der Waals surface area contributed by atoms with Gasteiger partial charge in [0.25, 0.3) is 0 Å². The fraction of sp³-hybridized carbons (Fsp3) is 0.143. The van der Waals surface area contributed by atoms with E-state index in [1.54, 1.807) is 0 Å². The Hall–Kier alpha value is 0.0901. The van der Waals surface area contributed by atoms with Crippen molar-refractivity contribution in [2.45, 2.75) is 6.92 Å². The second kappa shape index (κ2) is 4.02. The van der Waals surface area contributed by atoms with Gasteiger partial charge in [0.1, 0.15) is 0 Å². The van der Waals surface area contributed by atoms with Gasteiger partial charge in [0.15, 0.2) is 0 Å². The first-order valence-electron chi connectivity index (χ1n) is 2.41. The molecule has 0 aliphatic carbocycles. The molecule has 1 rings (SSSR count). The second-order valence-electron chi connectivity index (χ2n) is 1.65. The van der Waals surface area contributed by atoms with Crippen LogP contribution < -0.4 is 0 Å². The number of aryl methyl sites for hydroxylation is 1. The zero-order valence-corrected chi connectivity index (χ0v) is 6.77. The number of rotatable bonds is 0. The molecule has 0 N–H and O–H groups in total. The summed E-state index contributed by atoms with van der Waals surface area (Å²) in [4.78, 5) is 0. The standard InChI is InChI=1S/C7H8.Sc/c1-7-5-3-2-4-6-7;/h2-6H,1H3;/q;+3. The molecule has 0 nitrogen and oxygen atoms in total. The van der Waals surface area contributed by atoms with Gasteiger partial charge in [-0.25, -0.2) is 0 Å². The van der Waals surface area contributed by atoms with E-state index >= 15 is 0 Å². The molecule has 0 radical (unpaired) electrons. The molecule has 0 saturated carbocycles. The van der Waals surface area contributed by atoms with Crippen LogP contribution in [0.1, 0.15) is 5.56 Å². The fourth-order valence-corrected chi connectivity index (χ4v) is 0.534. The molecule has 0 aliphatic rings. The molecule has 1 heteroatoms. The molecule has 0 aliphatic heterocycles. The van der Waals surface area contributed by atoms with Gasteiger partial charge in [-0.1, -0.05) is 35.9 Å². The van der Waals surface area contributed by atoms with Crippen LogP contribution in [0.25, 0.3) is 0 Å². The maximum Gasteiger partial charge on any atom is 3.00 e. The summed E-state index contributed by atoms with van der Waals surface area (Å²) >= 11 is 0. The van der Waals surface area contributed by atoms with Crippen LogP contribution >= 0.6 is 0 Å². The summed E-state index contributed by atoms with van der Waals surface area (Å²) in [6.45, 7) is 2.08. The SMILES string of the molecule is Cc1ccccc1.[Sc+3]. The van der Waals surface area contributed by atoms with Gasteiger partial charge in [0, 0.05) is 0 Å². The normalized spacial score (nSPS) is 7.62. The van der Waals surface area contributed by atoms with Crippen LogP contribution in [0.2, 0.25) is 0 Å². The Balaban J connectivity index is 0.000000490. The van der Waals surface area contributed by atoms with Gasteiger partial charge in [-0.05, 0) is 6.92 Å². The van der Waals surface area contributed by atoms with Crippen LogP contribution in [0.15, 0.2) is 30.3 Å². The molecule has 36 valence electrons. The number of hydrogen-bond donors (Lipinski definition) is 0. The van der Waals surface area contributed by atoms with E-state index in [0.717, 1.165) is 0 Å². The summed E-state index contributed by atoms with van der Waals surface area (Å²) in [7, 11) is 0. The van der Waals surface area contributed by atoms with E-state index < -0.39 is 0 Å². The predicted molar refractivity (Wildman–Crippen MR) is 31.2 cm³/mol.